The molecule has 0 radical (unpaired) electrons. The first-order valence-corrected chi connectivity index (χ1v) is 6.47. The van der Waals surface area contributed by atoms with Gasteiger partial charge >= 0.3 is 5.97 Å². The first-order valence-electron chi connectivity index (χ1n) is 4.74. The Kier molecular flexibility index (Phi) is 4.42. The molecule has 0 aliphatic carbocycles. The van der Waals surface area contributed by atoms with E-state index in [2.05, 4.69) is 10.3 Å². The molecule has 6 heteroatoms. The van der Waals surface area contributed by atoms with E-state index in [1.807, 2.05) is 0 Å². The topological polar surface area (TPSA) is 79.3 Å². The van der Waals surface area contributed by atoms with E-state index >= 15 is 0 Å². The van der Waals surface area contributed by atoms with Gasteiger partial charge in [-0.3, -0.25) is 9.19 Å². The van der Waals surface area contributed by atoms with Crippen molar-refractivity contribution >= 4 is 22.5 Å². The molecule has 1 aromatic rings. The summed E-state index contributed by atoms with van der Waals surface area (Å²) in [5.41, 5.74) is 1.39. The highest BCUT2D eigenvalue weighted by molar-refractivity contribution is 7.84. The number of carboxylic acid groups (broad SMARTS) is 1. The number of carboxylic acids is 1. The van der Waals surface area contributed by atoms with Gasteiger partial charge in [-0.25, -0.2) is 4.79 Å². The number of rotatable bonds is 5. The van der Waals surface area contributed by atoms with Crippen molar-refractivity contribution in [3.05, 3.63) is 23.5 Å². The van der Waals surface area contributed by atoms with Gasteiger partial charge in [0.2, 0.25) is 0 Å². The Bertz CT molecular complexity index is 421. The molecule has 0 aromatic carbocycles. The average molecular weight is 242 g/mol. The van der Waals surface area contributed by atoms with Crippen molar-refractivity contribution in [2.24, 2.45) is 0 Å². The first-order chi connectivity index (χ1) is 7.50. The number of pyridine rings is 1. The van der Waals surface area contributed by atoms with E-state index in [-0.39, 0.29) is 5.56 Å². The minimum atomic E-state index is -1.02. The molecule has 1 atom stereocenters. The van der Waals surface area contributed by atoms with Gasteiger partial charge < -0.3 is 10.4 Å². The number of hydrogen-bond acceptors (Lipinski definition) is 4. The van der Waals surface area contributed by atoms with Crippen molar-refractivity contribution in [1.82, 2.24) is 4.98 Å². The number of nitrogens with zero attached hydrogens (tertiary/aromatic N) is 1. The number of aryl methyl sites for hydroxylation is 1. The van der Waals surface area contributed by atoms with Crippen molar-refractivity contribution < 1.29 is 14.1 Å². The van der Waals surface area contributed by atoms with Gasteiger partial charge in [0.05, 0.1) is 5.69 Å². The first kappa shape index (κ1) is 12.6. The molecule has 16 heavy (non-hydrogen) atoms. The summed E-state index contributed by atoms with van der Waals surface area (Å²) in [6.07, 6.45) is 2.93. The van der Waals surface area contributed by atoms with Gasteiger partial charge in [0.15, 0.2) is 0 Å². The molecule has 0 spiro atoms. The number of aromatic nitrogens is 1. The fraction of sp³-hybridized carbons (Fsp3) is 0.400. The molecule has 5 nitrogen and oxygen atoms in total. The molecular weight excluding hydrogens is 228 g/mol. The molecule has 1 rings (SSSR count). The van der Waals surface area contributed by atoms with Crippen molar-refractivity contribution in [3.8, 4) is 0 Å². The van der Waals surface area contributed by atoms with E-state index in [0.29, 0.717) is 18.0 Å². The molecule has 1 unspecified atom stereocenters. The molecule has 2 N–H and O–H groups in total. The van der Waals surface area contributed by atoms with E-state index < -0.39 is 16.8 Å². The standard InChI is InChI=1S/C10H14N2O3S/c1-7-5-9(11-3-4-16(2)15)8(6-12-7)10(13)14/h5-6H,3-4H2,1-2H3,(H,11,12)(H,13,14). The fourth-order valence-corrected chi connectivity index (χ4v) is 1.60. The number of hydrogen-bond donors (Lipinski definition) is 2. The largest absolute Gasteiger partial charge is 0.478 e. The van der Waals surface area contributed by atoms with Gasteiger partial charge in [-0.2, -0.15) is 0 Å². The number of nitrogens with one attached hydrogen (secondary N) is 1. The summed E-state index contributed by atoms with van der Waals surface area (Å²) in [6, 6.07) is 1.67. The van der Waals surface area contributed by atoms with E-state index in [4.69, 9.17) is 5.11 Å². The normalized spacial score (nSPS) is 12.1. The summed E-state index contributed by atoms with van der Waals surface area (Å²) in [4.78, 5) is 14.8. The van der Waals surface area contributed by atoms with Crippen LogP contribution in [0.2, 0.25) is 0 Å². The van der Waals surface area contributed by atoms with Crippen molar-refractivity contribution in [1.29, 1.82) is 0 Å². The predicted octanol–water partition coefficient (Wildman–Crippen LogP) is 0.879. The molecule has 1 heterocycles. The minimum Gasteiger partial charge on any atom is -0.478 e. The van der Waals surface area contributed by atoms with Gasteiger partial charge in [-0.05, 0) is 13.0 Å². The van der Waals surface area contributed by atoms with E-state index in [9.17, 15) is 9.00 Å². The van der Waals surface area contributed by atoms with Crippen LogP contribution < -0.4 is 5.32 Å². The summed E-state index contributed by atoms with van der Waals surface area (Å²) >= 11 is 0. The van der Waals surface area contributed by atoms with Crippen LogP contribution in [0.3, 0.4) is 0 Å². The van der Waals surface area contributed by atoms with Crippen LogP contribution >= 0.6 is 0 Å². The molecule has 1 aromatic heterocycles. The average Bonchev–Trinajstić information content (AvgIpc) is 2.16. The van der Waals surface area contributed by atoms with Crippen LogP contribution in [0.25, 0.3) is 0 Å². The highest BCUT2D eigenvalue weighted by Crippen LogP contribution is 2.15. The van der Waals surface area contributed by atoms with Gasteiger partial charge in [-0.1, -0.05) is 0 Å². The van der Waals surface area contributed by atoms with Crippen molar-refractivity contribution in [2.75, 3.05) is 23.9 Å². The van der Waals surface area contributed by atoms with E-state index in [1.165, 1.54) is 6.20 Å². The van der Waals surface area contributed by atoms with Crippen LogP contribution in [0.5, 0.6) is 0 Å². The zero-order chi connectivity index (χ0) is 12.1. The Balaban J connectivity index is 2.80. The second-order valence-electron chi connectivity index (χ2n) is 3.38. The molecule has 0 bridgehead atoms. The van der Waals surface area contributed by atoms with Crippen LogP contribution in [0.15, 0.2) is 12.3 Å². The fourth-order valence-electron chi connectivity index (χ4n) is 1.21. The molecule has 0 aliphatic heterocycles. The van der Waals surface area contributed by atoms with Gasteiger partial charge in [0, 0.05) is 41.2 Å². The Morgan fingerprint density at radius 1 is 1.62 bits per heavy atom. The van der Waals surface area contributed by atoms with Crippen LogP contribution in [0, 0.1) is 6.92 Å². The smallest absolute Gasteiger partial charge is 0.339 e. The lowest BCUT2D eigenvalue weighted by atomic mass is 10.2. The molecule has 88 valence electrons. The zero-order valence-electron chi connectivity index (χ0n) is 9.19. The summed E-state index contributed by atoms with van der Waals surface area (Å²) in [5.74, 6) is -0.534. The van der Waals surface area contributed by atoms with Crippen LogP contribution in [-0.4, -0.2) is 38.8 Å². The Hall–Kier alpha value is -1.43. The van der Waals surface area contributed by atoms with Gasteiger partial charge in [0.1, 0.15) is 5.56 Å². The summed E-state index contributed by atoms with van der Waals surface area (Å²) in [6.45, 7) is 2.27. The summed E-state index contributed by atoms with van der Waals surface area (Å²) in [5, 5.41) is 11.9. The molecule has 0 fully saturated rings. The van der Waals surface area contributed by atoms with Gasteiger partial charge in [0.25, 0.3) is 0 Å². The number of carbonyl (C=O) groups is 1. The maximum Gasteiger partial charge on any atom is 0.339 e. The van der Waals surface area contributed by atoms with Crippen LogP contribution in [-0.2, 0) is 10.8 Å². The van der Waals surface area contributed by atoms with E-state index in [0.717, 1.165) is 5.69 Å². The third kappa shape index (κ3) is 3.62. The highest BCUT2D eigenvalue weighted by Gasteiger charge is 2.10. The third-order valence-electron chi connectivity index (χ3n) is 1.98. The van der Waals surface area contributed by atoms with Gasteiger partial charge in [-0.15, -0.1) is 0 Å². The molecule has 0 saturated heterocycles. The third-order valence-corrected chi connectivity index (χ3v) is 2.76. The van der Waals surface area contributed by atoms with Crippen molar-refractivity contribution in [3.63, 3.8) is 0 Å². The monoisotopic (exact) mass is 242 g/mol. The van der Waals surface area contributed by atoms with Crippen LogP contribution in [0.1, 0.15) is 16.1 Å². The lowest BCUT2D eigenvalue weighted by Crippen LogP contribution is -2.13. The molecular formula is C10H14N2O3S. The lowest BCUT2D eigenvalue weighted by Gasteiger charge is -2.09. The number of anilines is 1. The maximum atomic E-state index is 10.9. The van der Waals surface area contributed by atoms with E-state index in [1.54, 1.807) is 19.2 Å². The number of aromatic carboxylic acids is 1. The molecule has 0 saturated carbocycles. The lowest BCUT2D eigenvalue weighted by molar-refractivity contribution is 0.0697. The van der Waals surface area contributed by atoms with Crippen molar-refractivity contribution in [2.45, 2.75) is 6.92 Å². The minimum absolute atomic E-state index is 0.132. The summed E-state index contributed by atoms with van der Waals surface area (Å²) in [7, 11) is -0.887. The predicted molar refractivity (Wildman–Crippen MR) is 63.4 cm³/mol. The Morgan fingerprint density at radius 2 is 2.31 bits per heavy atom. The second kappa shape index (κ2) is 5.60. The van der Waals surface area contributed by atoms with Crippen LogP contribution in [0.4, 0.5) is 5.69 Å². The second-order valence-corrected chi connectivity index (χ2v) is 4.94. The summed E-state index contributed by atoms with van der Waals surface area (Å²) < 4.78 is 10.9. The quantitative estimate of drug-likeness (QED) is 0.801. The highest BCUT2D eigenvalue weighted by atomic mass is 32.2. The molecule has 0 amide bonds. The maximum absolute atomic E-state index is 10.9. The molecule has 0 aliphatic rings. The SMILES string of the molecule is Cc1cc(NCCS(C)=O)c(C(=O)O)cn1. The Labute approximate surface area is 96.4 Å². The zero-order valence-corrected chi connectivity index (χ0v) is 10.0. The Morgan fingerprint density at radius 3 is 2.88 bits per heavy atom.